The molecule has 0 unspecified atom stereocenters. The maximum absolute atomic E-state index is 12.8. The Bertz CT molecular complexity index is 725. The van der Waals surface area contributed by atoms with Crippen molar-refractivity contribution in [3.05, 3.63) is 59.9 Å². The summed E-state index contributed by atoms with van der Waals surface area (Å²) in [5.41, 5.74) is 7.76. The minimum absolute atomic E-state index is 0.0285. The van der Waals surface area contributed by atoms with Crippen molar-refractivity contribution in [2.45, 2.75) is 45.1 Å². The van der Waals surface area contributed by atoms with Crippen LogP contribution >= 0.6 is 0 Å². The van der Waals surface area contributed by atoms with Crippen molar-refractivity contribution in [1.29, 1.82) is 0 Å². The molecule has 0 saturated heterocycles. The number of nitrogens with zero attached hydrogens (tertiary/aromatic N) is 1. The van der Waals surface area contributed by atoms with Crippen LogP contribution in [0.4, 0.5) is 0 Å². The van der Waals surface area contributed by atoms with E-state index in [2.05, 4.69) is 10.3 Å². The maximum atomic E-state index is 12.8. The number of ether oxygens (including phenoxy) is 1. The average Bonchev–Trinajstić information content (AvgIpc) is 2.74. The molecule has 0 bridgehead atoms. The molecule has 1 fully saturated rings. The molecule has 5 heteroatoms. The minimum Gasteiger partial charge on any atom is -0.494 e. The Balaban J connectivity index is 1.66. The second kappa shape index (κ2) is 10.2. The van der Waals surface area contributed by atoms with Gasteiger partial charge in [0.15, 0.2) is 0 Å². The van der Waals surface area contributed by atoms with Crippen molar-refractivity contribution in [3.8, 4) is 5.75 Å². The first kappa shape index (κ1) is 20.3. The van der Waals surface area contributed by atoms with Gasteiger partial charge >= 0.3 is 0 Å². The summed E-state index contributed by atoms with van der Waals surface area (Å²) in [5, 5.41) is 3.26. The molecule has 1 aliphatic carbocycles. The van der Waals surface area contributed by atoms with E-state index in [4.69, 9.17) is 10.5 Å². The Kier molecular flexibility index (Phi) is 7.43. The Morgan fingerprint density at radius 2 is 1.93 bits per heavy atom. The zero-order valence-corrected chi connectivity index (χ0v) is 16.6. The molecule has 1 aromatic heterocycles. The van der Waals surface area contributed by atoms with E-state index in [0.717, 1.165) is 49.2 Å². The lowest BCUT2D eigenvalue weighted by Crippen LogP contribution is -2.37. The lowest BCUT2D eigenvalue weighted by Gasteiger charge is -2.33. The summed E-state index contributed by atoms with van der Waals surface area (Å²) in [5.74, 6) is 1.87. The van der Waals surface area contributed by atoms with Gasteiger partial charge in [-0.1, -0.05) is 18.2 Å². The molecule has 0 spiro atoms. The third kappa shape index (κ3) is 5.55. The van der Waals surface area contributed by atoms with E-state index in [1.165, 1.54) is 0 Å². The Morgan fingerprint density at radius 3 is 2.54 bits per heavy atom. The van der Waals surface area contributed by atoms with Crippen LogP contribution < -0.4 is 15.8 Å². The first-order valence-electron chi connectivity index (χ1n) is 10.3. The van der Waals surface area contributed by atoms with Gasteiger partial charge in [-0.25, -0.2) is 0 Å². The molecule has 150 valence electrons. The number of hydrogen-bond donors (Lipinski definition) is 2. The number of pyridine rings is 1. The number of aromatic nitrogens is 1. The summed E-state index contributed by atoms with van der Waals surface area (Å²) in [6.07, 6.45) is 6.55. The Morgan fingerprint density at radius 1 is 1.18 bits per heavy atom. The predicted molar refractivity (Wildman–Crippen MR) is 111 cm³/mol. The van der Waals surface area contributed by atoms with Gasteiger partial charge in [-0.05, 0) is 80.8 Å². The smallest absolute Gasteiger partial charge is 0.224 e. The number of nitrogens with one attached hydrogen (secondary N) is 1. The lowest BCUT2D eigenvalue weighted by molar-refractivity contribution is -0.121. The Hall–Kier alpha value is -2.40. The van der Waals surface area contributed by atoms with Crippen molar-refractivity contribution < 1.29 is 9.53 Å². The fourth-order valence-electron chi connectivity index (χ4n) is 4.03. The van der Waals surface area contributed by atoms with Gasteiger partial charge in [-0.3, -0.25) is 9.78 Å². The molecular weight excluding hydrogens is 350 g/mol. The molecule has 2 aromatic rings. The summed E-state index contributed by atoms with van der Waals surface area (Å²) in [4.78, 5) is 17.3. The quantitative estimate of drug-likeness (QED) is 0.732. The van der Waals surface area contributed by atoms with E-state index in [-0.39, 0.29) is 11.9 Å². The van der Waals surface area contributed by atoms with E-state index >= 15 is 0 Å². The summed E-state index contributed by atoms with van der Waals surface area (Å²) in [6.45, 7) is 3.35. The molecule has 28 heavy (non-hydrogen) atoms. The van der Waals surface area contributed by atoms with Gasteiger partial charge in [-0.15, -0.1) is 0 Å². The summed E-state index contributed by atoms with van der Waals surface area (Å²) >= 11 is 0. The van der Waals surface area contributed by atoms with E-state index in [9.17, 15) is 4.79 Å². The Labute approximate surface area is 167 Å². The molecule has 0 aliphatic heterocycles. The normalized spacial score (nSPS) is 20.4. The summed E-state index contributed by atoms with van der Waals surface area (Å²) in [6, 6.07) is 13.6. The number of amides is 1. The molecule has 1 atom stereocenters. The number of carbonyl (C=O) groups is 1. The zero-order valence-electron chi connectivity index (χ0n) is 16.6. The third-order valence-corrected chi connectivity index (χ3v) is 5.62. The molecule has 1 amide bonds. The number of nitrogens with two attached hydrogens (primary N) is 1. The standard InChI is InChI=1S/C23H31N3O2/c1-2-28-20-12-8-17(9-13-20)15-22(27)26-23(21-5-3-4-14-25-21)19-10-6-18(16-24)7-11-19/h3-5,8-9,12-14,18-19,23H,2,6-7,10-11,15-16,24H2,1H3,(H,26,27)/t18?,19?,23-/m0/s1. The van der Waals surface area contributed by atoms with Crippen LogP contribution in [0.25, 0.3) is 0 Å². The highest BCUT2D eigenvalue weighted by Crippen LogP contribution is 2.36. The van der Waals surface area contributed by atoms with Gasteiger partial charge in [0, 0.05) is 6.20 Å². The largest absolute Gasteiger partial charge is 0.494 e. The number of hydrogen-bond acceptors (Lipinski definition) is 4. The monoisotopic (exact) mass is 381 g/mol. The topological polar surface area (TPSA) is 77.2 Å². The minimum atomic E-state index is -0.0462. The van der Waals surface area contributed by atoms with Gasteiger partial charge < -0.3 is 15.8 Å². The number of carbonyl (C=O) groups excluding carboxylic acids is 1. The fourth-order valence-corrected chi connectivity index (χ4v) is 4.03. The van der Waals surface area contributed by atoms with Crippen LogP contribution in [0.1, 0.15) is 49.9 Å². The van der Waals surface area contributed by atoms with Gasteiger partial charge in [0.2, 0.25) is 5.91 Å². The summed E-state index contributed by atoms with van der Waals surface area (Å²) in [7, 11) is 0. The first-order valence-corrected chi connectivity index (χ1v) is 10.3. The summed E-state index contributed by atoms with van der Waals surface area (Å²) < 4.78 is 5.47. The molecule has 1 aromatic carbocycles. The van der Waals surface area contributed by atoms with Crippen molar-refractivity contribution in [3.63, 3.8) is 0 Å². The SMILES string of the molecule is CCOc1ccc(CC(=O)N[C@H](c2ccccn2)C2CCC(CN)CC2)cc1. The maximum Gasteiger partial charge on any atom is 0.224 e. The van der Waals surface area contributed by atoms with Crippen LogP contribution in [-0.2, 0) is 11.2 Å². The second-order valence-electron chi connectivity index (χ2n) is 7.57. The fraction of sp³-hybridized carbons (Fsp3) is 0.478. The molecule has 1 saturated carbocycles. The van der Waals surface area contributed by atoms with Gasteiger partial charge in [0.1, 0.15) is 5.75 Å². The molecule has 3 N–H and O–H groups in total. The first-order chi connectivity index (χ1) is 13.7. The predicted octanol–water partition coefficient (Wildman–Crippen LogP) is 3.65. The molecule has 1 aliphatic rings. The van der Waals surface area contributed by atoms with Crippen LogP contribution in [0.5, 0.6) is 5.75 Å². The second-order valence-corrected chi connectivity index (χ2v) is 7.57. The lowest BCUT2D eigenvalue weighted by atomic mass is 9.77. The van der Waals surface area contributed by atoms with Crippen LogP contribution in [0, 0.1) is 11.8 Å². The highest BCUT2D eigenvalue weighted by Gasteiger charge is 2.30. The molecule has 0 radical (unpaired) electrons. The number of benzene rings is 1. The van der Waals surface area contributed by atoms with Crippen LogP contribution in [0.3, 0.4) is 0 Å². The van der Waals surface area contributed by atoms with Gasteiger partial charge in [-0.2, -0.15) is 0 Å². The van der Waals surface area contributed by atoms with Crippen LogP contribution in [0.15, 0.2) is 48.7 Å². The highest BCUT2D eigenvalue weighted by atomic mass is 16.5. The van der Waals surface area contributed by atoms with Crippen LogP contribution in [-0.4, -0.2) is 24.0 Å². The average molecular weight is 382 g/mol. The molecule has 3 rings (SSSR count). The van der Waals surface area contributed by atoms with Gasteiger partial charge in [0.05, 0.1) is 24.8 Å². The van der Waals surface area contributed by atoms with Crippen molar-refractivity contribution in [1.82, 2.24) is 10.3 Å². The van der Waals surface area contributed by atoms with E-state index < -0.39 is 0 Å². The third-order valence-electron chi connectivity index (χ3n) is 5.62. The van der Waals surface area contributed by atoms with E-state index in [0.29, 0.717) is 24.9 Å². The molecular formula is C23H31N3O2. The van der Waals surface area contributed by atoms with Crippen LogP contribution in [0.2, 0.25) is 0 Å². The van der Waals surface area contributed by atoms with Crippen molar-refractivity contribution in [2.75, 3.05) is 13.2 Å². The van der Waals surface area contributed by atoms with E-state index in [1.54, 1.807) is 6.20 Å². The van der Waals surface area contributed by atoms with Gasteiger partial charge in [0.25, 0.3) is 0 Å². The number of rotatable bonds is 8. The van der Waals surface area contributed by atoms with E-state index in [1.807, 2.05) is 49.4 Å². The zero-order chi connectivity index (χ0) is 19.8. The highest BCUT2D eigenvalue weighted by molar-refractivity contribution is 5.79. The van der Waals surface area contributed by atoms with Crippen molar-refractivity contribution >= 4 is 5.91 Å². The molecule has 5 nitrogen and oxygen atoms in total. The van der Waals surface area contributed by atoms with Crippen molar-refractivity contribution in [2.24, 2.45) is 17.6 Å². The molecule has 1 heterocycles.